The van der Waals surface area contributed by atoms with E-state index >= 15 is 0 Å². The van der Waals surface area contributed by atoms with Gasteiger partial charge in [0, 0.05) is 36.7 Å². The Hall–Kier alpha value is -2.37. The van der Waals surface area contributed by atoms with Crippen LogP contribution in [0, 0.1) is 11.8 Å². The minimum atomic E-state index is -0.184. The molecule has 3 amide bonds. The minimum absolute atomic E-state index is 0.0363. The largest absolute Gasteiger partial charge is 0.354 e. The van der Waals surface area contributed by atoms with Crippen LogP contribution in [0.3, 0.4) is 0 Å². The number of amides is 3. The monoisotopic (exact) mass is 385 g/mol. The van der Waals surface area contributed by atoms with Crippen molar-refractivity contribution in [2.45, 2.75) is 57.8 Å². The second-order valence-corrected chi connectivity index (χ2v) is 7.99. The van der Waals surface area contributed by atoms with Crippen molar-refractivity contribution >= 4 is 23.4 Å². The first-order valence-electron chi connectivity index (χ1n) is 10.6. The number of nitrogens with one attached hydrogen (secondary N) is 3. The van der Waals surface area contributed by atoms with Crippen LogP contribution in [-0.4, -0.2) is 30.8 Å². The summed E-state index contributed by atoms with van der Waals surface area (Å²) in [6.45, 7) is 0.840. The summed E-state index contributed by atoms with van der Waals surface area (Å²) in [5, 5.41) is 8.52. The molecule has 3 N–H and O–H groups in total. The summed E-state index contributed by atoms with van der Waals surface area (Å²) >= 11 is 0. The third-order valence-corrected chi connectivity index (χ3v) is 5.59. The molecule has 0 unspecified atom stereocenters. The van der Waals surface area contributed by atoms with Crippen molar-refractivity contribution in [2.24, 2.45) is 11.8 Å². The van der Waals surface area contributed by atoms with Gasteiger partial charge in [0.05, 0.1) is 0 Å². The Kier molecular flexibility index (Phi) is 7.46. The second-order valence-electron chi connectivity index (χ2n) is 7.99. The first-order valence-corrected chi connectivity index (χ1v) is 10.6. The van der Waals surface area contributed by atoms with Crippen LogP contribution in [0.15, 0.2) is 24.3 Å². The van der Waals surface area contributed by atoms with Gasteiger partial charge >= 0.3 is 0 Å². The van der Waals surface area contributed by atoms with Gasteiger partial charge in [-0.15, -0.1) is 0 Å². The lowest BCUT2D eigenvalue weighted by molar-refractivity contribution is -0.122. The Labute approximate surface area is 166 Å². The molecule has 0 aromatic heterocycles. The fourth-order valence-electron chi connectivity index (χ4n) is 3.69. The average molecular weight is 386 g/mol. The van der Waals surface area contributed by atoms with Crippen LogP contribution < -0.4 is 16.0 Å². The molecule has 1 aromatic carbocycles. The van der Waals surface area contributed by atoms with Crippen LogP contribution in [0.2, 0.25) is 0 Å². The summed E-state index contributed by atoms with van der Waals surface area (Å²) < 4.78 is 0. The average Bonchev–Trinajstić information content (AvgIpc) is 3.56. The van der Waals surface area contributed by atoms with E-state index in [2.05, 4.69) is 16.0 Å². The molecule has 0 aliphatic heterocycles. The van der Waals surface area contributed by atoms with Crippen LogP contribution in [0.5, 0.6) is 0 Å². The first kappa shape index (κ1) is 20.4. The van der Waals surface area contributed by atoms with Gasteiger partial charge < -0.3 is 16.0 Å². The molecule has 6 heteroatoms. The highest BCUT2D eigenvalue weighted by Crippen LogP contribution is 2.28. The fraction of sp³-hybridized carbons (Fsp3) is 0.591. The summed E-state index contributed by atoms with van der Waals surface area (Å²) in [5.41, 5.74) is 1.25. The standard InChI is InChI=1S/C22H31N3O3/c26-20(13-6-16-4-2-1-3-5-16)25-19-11-9-18(10-12-19)22(28)24-15-14-23-21(27)17-7-8-17/h9-12,16-17H,1-8,13-15H2,(H,23,27)(H,24,28)(H,25,26). The van der Waals surface area contributed by atoms with Crippen LogP contribution in [-0.2, 0) is 9.59 Å². The molecule has 2 aliphatic rings. The quantitative estimate of drug-likeness (QED) is 0.570. The highest BCUT2D eigenvalue weighted by molar-refractivity contribution is 5.95. The number of carbonyl (C=O) groups is 3. The van der Waals surface area contributed by atoms with Gasteiger partial charge in [-0.1, -0.05) is 32.1 Å². The zero-order valence-electron chi connectivity index (χ0n) is 16.5. The zero-order chi connectivity index (χ0) is 19.8. The van der Waals surface area contributed by atoms with Gasteiger partial charge in [0.2, 0.25) is 11.8 Å². The van der Waals surface area contributed by atoms with E-state index in [0.717, 1.165) is 19.3 Å². The Morgan fingerprint density at radius 2 is 1.54 bits per heavy atom. The van der Waals surface area contributed by atoms with Gasteiger partial charge in [-0.05, 0) is 49.4 Å². The van der Waals surface area contributed by atoms with Crippen molar-refractivity contribution < 1.29 is 14.4 Å². The molecule has 0 saturated heterocycles. The van der Waals surface area contributed by atoms with Crippen molar-refractivity contribution in [1.82, 2.24) is 10.6 Å². The minimum Gasteiger partial charge on any atom is -0.354 e. The lowest BCUT2D eigenvalue weighted by Crippen LogP contribution is -2.35. The summed E-state index contributed by atoms with van der Waals surface area (Å²) in [7, 11) is 0. The topological polar surface area (TPSA) is 87.3 Å². The van der Waals surface area contributed by atoms with Gasteiger partial charge in [-0.3, -0.25) is 14.4 Å². The van der Waals surface area contributed by atoms with E-state index in [1.807, 2.05) is 0 Å². The number of hydrogen-bond acceptors (Lipinski definition) is 3. The maximum absolute atomic E-state index is 12.1. The van der Waals surface area contributed by atoms with E-state index in [9.17, 15) is 14.4 Å². The third kappa shape index (κ3) is 6.66. The molecular formula is C22H31N3O3. The molecule has 152 valence electrons. The zero-order valence-corrected chi connectivity index (χ0v) is 16.5. The van der Waals surface area contributed by atoms with Gasteiger partial charge in [0.15, 0.2) is 0 Å². The van der Waals surface area contributed by atoms with Gasteiger partial charge in [0.1, 0.15) is 0 Å². The Morgan fingerprint density at radius 3 is 2.21 bits per heavy atom. The predicted molar refractivity (Wildman–Crippen MR) is 109 cm³/mol. The Bertz CT molecular complexity index is 677. The van der Waals surface area contributed by atoms with Gasteiger partial charge in [0.25, 0.3) is 5.91 Å². The molecule has 0 radical (unpaired) electrons. The normalized spacial score (nSPS) is 17.0. The molecule has 0 atom stereocenters. The Balaban J connectivity index is 1.34. The molecule has 0 bridgehead atoms. The molecule has 3 rings (SSSR count). The van der Waals surface area contributed by atoms with Crippen LogP contribution in [0.25, 0.3) is 0 Å². The predicted octanol–water partition coefficient (Wildman–Crippen LogP) is 3.24. The van der Waals surface area contributed by atoms with E-state index in [4.69, 9.17) is 0 Å². The van der Waals surface area contributed by atoms with Crippen molar-refractivity contribution in [3.05, 3.63) is 29.8 Å². The molecule has 6 nitrogen and oxygen atoms in total. The van der Waals surface area contributed by atoms with Crippen molar-refractivity contribution in [1.29, 1.82) is 0 Å². The molecule has 0 spiro atoms. The molecule has 2 aliphatic carbocycles. The molecule has 2 fully saturated rings. The molecule has 1 aromatic rings. The van der Waals surface area contributed by atoms with Gasteiger partial charge in [-0.25, -0.2) is 0 Å². The van der Waals surface area contributed by atoms with Crippen molar-refractivity contribution in [3.8, 4) is 0 Å². The van der Waals surface area contributed by atoms with Crippen LogP contribution >= 0.6 is 0 Å². The molecule has 2 saturated carbocycles. The van der Waals surface area contributed by atoms with Crippen LogP contribution in [0.4, 0.5) is 5.69 Å². The number of rotatable bonds is 9. The molecule has 28 heavy (non-hydrogen) atoms. The number of anilines is 1. The highest BCUT2D eigenvalue weighted by Gasteiger charge is 2.29. The third-order valence-electron chi connectivity index (χ3n) is 5.59. The molecule has 0 heterocycles. The van der Waals surface area contributed by atoms with Crippen molar-refractivity contribution in [3.63, 3.8) is 0 Å². The summed E-state index contributed by atoms with van der Waals surface area (Å²) in [5.74, 6) is 0.809. The van der Waals surface area contributed by atoms with Crippen LogP contribution in [0.1, 0.15) is 68.1 Å². The van der Waals surface area contributed by atoms with E-state index in [0.29, 0.717) is 36.7 Å². The van der Waals surface area contributed by atoms with E-state index in [1.165, 1.54) is 32.1 Å². The number of hydrogen-bond donors (Lipinski definition) is 3. The smallest absolute Gasteiger partial charge is 0.251 e. The highest BCUT2D eigenvalue weighted by atomic mass is 16.2. The maximum Gasteiger partial charge on any atom is 0.251 e. The number of benzene rings is 1. The first-order chi connectivity index (χ1) is 13.6. The lowest BCUT2D eigenvalue weighted by atomic mass is 9.86. The van der Waals surface area contributed by atoms with E-state index in [-0.39, 0.29) is 23.6 Å². The summed E-state index contributed by atoms with van der Waals surface area (Å²) in [6, 6.07) is 6.91. The summed E-state index contributed by atoms with van der Waals surface area (Å²) in [4.78, 5) is 35.8. The lowest BCUT2D eigenvalue weighted by Gasteiger charge is -2.21. The molecular weight excluding hydrogens is 354 g/mol. The van der Waals surface area contributed by atoms with E-state index < -0.39 is 0 Å². The van der Waals surface area contributed by atoms with Gasteiger partial charge in [-0.2, -0.15) is 0 Å². The van der Waals surface area contributed by atoms with E-state index in [1.54, 1.807) is 24.3 Å². The van der Waals surface area contributed by atoms with Crippen molar-refractivity contribution in [2.75, 3.05) is 18.4 Å². The summed E-state index contributed by atoms with van der Waals surface area (Å²) in [6.07, 6.45) is 9.89. The Morgan fingerprint density at radius 1 is 0.857 bits per heavy atom. The SMILES string of the molecule is O=C(CCC1CCCCC1)Nc1ccc(C(=O)NCCNC(=O)C2CC2)cc1. The number of carbonyl (C=O) groups excluding carboxylic acids is 3. The second kappa shape index (κ2) is 10.2. The maximum atomic E-state index is 12.1. The fourth-order valence-corrected chi connectivity index (χ4v) is 3.69.